The third-order valence-corrected chi connectivity index (χ3v) is 2.67. The molecule has 2 heterocycles. The van der Waals surface area contributed by atoms with Gasteiger partial charge in [0.2, 0.25) is 0 Å². The number of halogens is 2. The van der Waals surface area contributed by atoms with E-state index in [4.69, 9.17) is 5.11 Å². The number of carbonyl (C=O) groups is 1. The number of ether oxygens (including phenoxy) is 2. The lowest BCUT2D eigenvalue weighted by Crippen LogP contribution is -2.25. The van der Waals surface area contributed by atoms with Crippen molar-refractivity contribution in [2.45, 2.75) is 6.29 Å². The number of benzene rings is 1. The highest BCUT2D eigenvalue weighted by Gasteiger charge is 2.43. The summed E-state index contributed by atoms with van der Waals surface area (Å²) >= 11 is 0. The van der Waals surface area contributed by atoms with Gasteiger partial charge in [0.1, 0.15) is 5.69 Å². The number of nitrogens with zero attached hydrogens (tertiary/aromatic N) is 1. The van der Waals surface area contributed by atoms with Crippen LogP contribution in [0.4, 0.5) is 20.2 Å². The highest BCUT2D eigenvalue weighted by Crippen LogP contribution is 2.42. The van der Waals surface area contributed by atoms with Crippen LogP contribution >= 0.6 is 0 Å². The van der Waals surface area contributed by atoms with Crippen molar-refractivity contribution in [1.82, 2.24) is 4.98 Å². The molecular weight excluding hydrogens is 286 g/mol. The molecule has 1 aliphatic rings. The molecule has 1 aromatic carbocycles. The highest BCUT2D eigenvalue weighted by molar-refractivity contribution is 5.85. The summed E-state index contributed by atoms with van der Waals surface area (Å²) in [6, 6.07) is 7.05. The van der Waals surface area contributed by atoms with Gasteiger partial charge in [-0.15, -0.1) is 8.78 Å². The molecule has 0 aliphatic carbocycles. The maximum absolute atomic E-state index is 12.9. The molecule has 0 amide bonds. The van der Waals surface area contributed by atoms with Gasteiger partial charge in [-0.2, -0.15) is 0 Å². The van der Waals surface area contributed by atoms with Crippen LogP contribution in [0.15, 0.2) is 36.5 Å². The number of aromatic carboxylic acids is 1. The normalized spacial score (nSPS) is 14.8. The summed E-state index contributed by atoms with van der Waals surface area (Å²) in [5.41, 5.74) is 0.886. The van der Waals surface area contributed by atoms with Crippen LogP contribution in [0.3, 0.4) is 0 Å². The van der Waals surface area contributed by atoms with Crippen LogP contribution in [0, 0.1) is 0 Å². The summed E-state index contributed by atoms with van der Waals surface area (Å²) < 4.78 is 34.4. The summed E-state index contributed by atoms with van der Waals surface area (Å²) in [7, 11) is 0. The Morgan fingerprint density at radius 1 is 1.14 bits per heavy atom. The number of rotatable bonds is 3. The molecule has 2 aromatic rings. The summed E-state index contributed by atoms with van der Waals surface area (Å²) in [5, 5.41) is 11.6. The molecule has 3 rings (SSSR count). The van der Waals surface area contributed by atoms with E-state index in [9.17, 15) is 13.6 Å². The van der Waals surface area contributed by atoms with Crippen molar-refractivity contribution < 1.29 is 28.2 Å². The fraction of sp³-hybridized carbons (Fsp3) is 0.0769. The van der Waals surface area contributed by atoms with Gasteiger partial charge in [-0.25, -0.2) is 9.78 Å². The number of carboxylic acids is 1. The average Bonchev–Trinajstić information content (AvgIpc) is 2.72. The van der Waals surface area contributed by atoms with Crippen molar-refractivity contribution in [2.24, 2.45) is 0 Å². The number of hydrogen-bond donors (Lipinski definition) is 2. The second-order valence-corrected chi connectivity index (χ2v) is 4.19. The lowest BCUT2D eigenvalue weighted by molar-refractivity contribution is -0.286. The second kappa shape index (κ2) is 4.58. The maximum atomic E-state index is 12.9. The standard InChI is InChI=1S/C13H8F2N2O4/c14-13(15)20-10-4-2-7(5-11(10)21-13)17-8-1-3-9(12(18)19)16-6-8/h1-6,17H,(H,18,19). The number of carboxylic acid groups (broad SMARTS) is 1. The number of hydrogen-bond acceptors (Lipinski definition) is 5. The lowest BCUT2D eigenvalue weighted by Gasteiger charge is -2.06. The zero-order chi connectivity index (χ0) is 15.0. The molecule has 0 radical (unpaired) electrons. The summed E-state index contributed by atoms with van der Waals surface area (Å²) in [4.78, 5) is 14.4. The number of fused-ring (bicyclic) bond motifs is 1. The molecule has 0 fully saturated rings. The van der Waals surface area contributed by atoms with Crippen LogP contribution in [0.1, 0.15) is 10.5 Å². The Kier molecular flexibility index (Phi) is 2.86. The van der Waals surface area contributed by atoms with E-state index in [1.807, 2.05) is 0 Å². The first-order valence-electron chi connectivity index (χ1n) is 5.79. The van der Waals surface area contributed by atoms with E-state index in [-0.39, 0.29) is 17.2 Å². The molecule has 0 unspecified atom stereocenters. The van der Waals surface area contributed by atoms with Gasteiger partial charge in [-0.1, -0.05) is 0 Å². The maximum Gasteiger partial charge on any atom is 0.586 e. The van der Waals surface area contributed by atoms with Crippen molar-refractivity contribution in [3.8, 4) is 11.5 Å². The minimum absolute atomic E-state index is 0.0510. The van der Waals surface area contributed by atoms with Crippen molar-refractivity contribution in [1.29, 1.82) is 0 Å². The molecule has 0 saturated carbocycles. The van der Waals surface area contributed by atoms with Crippen LogP contribution in [-0.4, -0.2) is 22.4 Å². The highest BCUT2D eigenvalue weighted by atomic mass is 19.3. The Morgan fingerprint density at radius 2 is 1.86 bits per heavy atom. The molecule has 2 N–H and O–H groups in total. The lowest BCUT2D eigenvalue weighted by atomic mass is 10.2. The zero-order valence-corrected chi connectivity index (χ0v) is 10.3. The second-order valence-electron chi connectivity index (χ2n) is 4.19. The molecule has 21 heavy (non-hydrogen) atoms. The van der Waals surface area contributed by atoms with Crippen LogP contribution in [-0.2, 0) is 0 Å². The molecule has 108 valence electrons. The summed E-state index contributed by atoms with van der Waals surface area (Å²) in [5.74, 6) is -1.27. The van der Waals surface area contributed by atoms with Gasteiger partial charge in [0.25, 0.3) is 0 Å². The molecule has 0 saturated heterocycles. The fourth-order valence-electron chi connectivity index (χ4n) is 1.79. The number of anilines is 2. The van der Waals surface area contributed by atoms with Gasteiger partial charge in [-0.3, -0.25) is 0 Å². The van der Waals surface area contributed by atoms with Crippen molar-refractivity contribution in [2.75, 3.05) is 5.32 Å². The van der Waals surface area contributed by atoms with Gasteiger partial charge >= 0.3 is 12.3 Å². The Hall–Kier alpha value is -2.90. The molecule has 1 aromatic heterocycles. The predicted molar refractivity (Wildman–Crippen MR) is 67.1 cm³/mol. The van der Waals surface area contributed by atoms with Crippen LogP contribution in [0.5, 0.6) is 11.5 Å². The van der Waals surface area contributed by atoms with Crippen molar-refractivity contribution >= 4 is 17.3 Å². The van der Waals surface area contributed by atoms with E-state index in [0.29, 0.717) is 11.4 Å². The Bertz CT molecular complexity index is 704. The van der Waals surface area contributed by atoms with Gasteiger partial charge < -0.3 is 19.9 Å². The topological polar surface area (TPSA) is 80.7 Å². The van der Waals surface area contributed by atoms with E-state index in [1.54, 1.807) is 0 Å². The molecule has 8 heteroatoms. The summed E-state index contributed by atoms with van der Waals surface area (Å²) in [6.45, 7) is 0. The number of alkyl halides is 2. The third kappa shape index (κ3) is 2.69. The van der Waals surface area contributed by atoms with Gasteiger partial charge in [0.15, 0.2) is 11.5 Å². The van der Waals surface area contributed by atoms with Crippen LogP contribution < -0.4 is 14.8 Å². The minimum atomic E-state index is -3.66. The monoisotopic (exact) mass is 294 g/mol. The number of pyridine rings is 1. The van der Waals surface area contributed by atoms with Gasteiger partial charge in [-0.05, 0) is 24.3 Å². The van der Waals surface area contributed by atoms with E-state index in [0.717, 1.165) is 0 Å². The van der Waals surface area contributed by atoms with Crippen molar-refractivity contribution in [3.05, 3.63) is 42.2 Å². The largest absolute Gasteiger partial charge is 0.586 e. The Balaban J connectivity index is 1.79. The van der Waals surface area contributed by atoms with Gasteiger partial charge in [0, 0.05) is 11.8 Å². The predicted octanol–water partition coefficient (Wildman–Crippen LogP) is 2.84. The van der Waals surface area contributed by atoms with Crippen LogP contribution in [0.2, 0.25) is 0 Å². The first-order valence-corrected chi connectivity index (χ1v) is 5.79. The summed E-state index contributed by atoms with van der Waals surface area (Å²) in [6.07, 6.45) is -2.34. The van der Waals surface area contributed by atoms with Gasteiger partial charge in [0.05, 0.1) is 11.9 Å². The molecule has 0 spiro atoms. The molecular formula is C13H8F2N2O4. The molecule has 6 nitrogen and oxygen atoms in total. The Labute approximate surface area is 116 Å². The number of aromatic nitrogens is 1. The number of nitrogens with one attached hydrogen (secondary N) is 1. The SMILES string of the molecule is O=C(O)c1ccc(Nc2ccc3c(c2)OC(F)(F)O3)cn1. The third-order valence-electron chi connectivity index (χ3n) is 2.67. The van der Waals surface area contributed by atoms with Crippen LogP contribution in [0.25, 0.3) is 0 Å². The quantitative estimate of drug-likeness (QED) is 0.906. The molecule has 0 atom stereocenters. The van der Waals surface area contributed by atoms with Crippen molar-refractivity contribution in [3.63, 3.8) is 0 Å². The molecule has 0 bridgehead atoms. The van der Waals surface area contributed by atoms with E-state index in [2.05, 4.69) is 19.8 Å². The minimum Gasteiger partial charge on any atom is -0.477 e. The van der Waals surface area contributed by atoms with E-state index >= 15 is 0 Å². The zero-order valence-electron chi connectivity index (χ0n) is 10.3. The molecule has 1 aliphatic heterocycles. The first-order chi connectivity index (χ1) is 9.93. The smallest absolute Gasteiger partial charge is 0.477 e. The van der Waals surface area contributed by atoms with E-state index < -0.39 is 12.3 Å². The van der Waals surface area contributed by atoms with E-state index in [1.165, 1.54) is 36.5 Å². The Morgan fingerprint density at radius 3 is 2.52 bits per heavy atom. The first kappa shape index (κ1) is 13.1. The fourth-order valence-corrected chi connectivity index (χ4v) is 1.79. The average molecular weight is 294 g/mol.